The summed E-state index contributed by atoms with van der Waals surface area (Å²) >= 11 is 0. The second-order valence-corrected chi connectivity index (χ2v) is 5.37. The Kier molecular flexibility index (Phi) is 3.29. The molecular formula is C16H20O2. The lowest BCUT2D eigenvalue weighted by Crippen LogP contribution is -2.44. The van der Waals surface area contributed by atoms with Gasteiger partial charge in [0.05, 0.1) is 5.41 Å². The first kappa shape index (κ1) is 12.9. The zero-order valence-corrected chi connectivity index (χ0v) is 11.2. The van der Waals surface area contributed by atoms with Gasteiger partial charge in [0.25, 0.3) is 0 Å². The summed E-state index contributed by atoms with van der Waals surface area (Å²) in [6, 6.07) is 7.81. The summed E-state index contributed by atoms with van der Waals surface area (Å²) in [6.45, 7) is 6.10. The first-order valence-electron chi connectivity index (χ1n) is 6.53. The Morgan fingerprint density at radius 2 is 2.11 bits per heavy atom. The Bertz CT molecular complexity index is 490. The van der Waals surface area contributed by atoms with Crippen molar-refractivity contribution in [3.63, 3.8) is 0 Å². The van der Waals surface area contributed by atoms with E-state index in [4.69, 9.17) is 0 Å². The topological polar surface area (TPSA) is 37.3 Å². The van der Waals surface area contributed by atoms with E-state index in [9.17, 15) is 9.90 Å². The van der Waals surface area contributed by atoms with Gasteiger partial charge in [-0.25, -0.2) is 0 Å². The van der Waals surface area contributed by atoms with Gasteiger partial charge in [-0.15, -0.1) is 0 Å². The number of carbonyl (C=O) groups is 1. The van der Waals surface area contributed by atoms with Gasteiger partial charge in [-0.2, -0.15) is 0 Å². The van der Waals surface area contributed by atoms with Crippen molar-refractivity contribution < 1.29 is 9.90 Å². The summed E-state index contributed by atoms with van der Waals surface area (Å²) in [6.07, 6.45) is 5.13. The van der Waals surface area contributed by atoms with Crippen LogP contribution in [0, 0.1) is 11.8 Å². The zero-order chi connectivity index (χ0) is 13.3. The van der Waals surface area contributed by atoms with Crippen molar-refractivity contribution in [2.45, 2.75) is 32.6 Å². The molecule has 2 rings (SSSR count). The van der Waals surface area contributed by atoms with E-state index >= 15 is 0 Å². The smallest absolute Gasteiger partial charge is 0.314 e. The highest BCUT2D eigenvalue weighted by Crippen LogP contribution is 2.44. The number of fused-ring (bicyclic) bond motifs is 1. The van der Waals surface area contributed by atoms with Gasteiger partial charge in [0.2, 0.25) is 0 Å². The molecule has 18 heavy (non-hydrogen) atoms. The molecule has 2 heteroatoms. The lowest BCUT2D eigenvalue weighted by molar-refractivity contribution is -0.145. The maximum absolute atomic E-state index is 11.8. The first-order valence-corrected chi connectivity index (χ1v) is 6.53. The molecule has 2 nitrogen and oxygen atoms in total. The Morgan fingerprint density at radius 3 is 2.72 bits per heavy atom. The minimum atomic E-state index is -0.819. The number of rotatable bonds is 3. The Balaban J connectivity index is 2.59. The van der Waals surface area contributed by atoms with E-state index in [1.54, 1.807) is 0 Å². The Morgan fingerprint density at radius 1 is 1.44 bits per heavy atom. The monoisotopic (exact) mass is 244 g/mol. The summed E-state index contributed by atoms with van der Waals surface area (Å²) in [4.78, 5) is 11.8. The molecule has 96 valence electrons. The second-order valence-electron chi connectivity index (χ2n) is 5.37. The maximum atomic E-state index is 11.8. The van der Waals surface area contributed by atoms with Crippen molar-refractivity contribution in [1.29, 1.82) is 0 Å². The molecule has 1 unspecified atom stereocenters. The van der Waals surface area contributed by atoms with Crippen molar-refractivity contribution in [2.75, 3.05) is 0 Å². The van der Waals surface area contributed by atoms with Crippen molar-refractivity contribution >= 4 is 12.0 Å². The van der Waals surface area contributed by atoms with E-state index in [1.807, 2.05) is 31.2 Å². The van der Waals surface area contributed by atoms with Crippen LogP contribution in [-0.2, 0) is 10.2 Å². The van der Waals surface area contributed by atoms with Crippen LogP contribution >= 0.6 is 0 Å². The molecule has 0 aliphatic heterocycles. The van der Waals surface area contributed by atoms with E-state index in [0.29, 0.717) is 5.92 Å². The Labute approximate surface area is 108 Å². The average molecular weight is 244 g/mol. The molecule has 1 N–H and O–H groups in total. The molecule has 0 amide bonds. The van der Waals surface area contributed by atoms with Crippen molar-refractivity contribution in [3.8, 4) is 0 Å². The molecule has 1 aliphatic carbocycles. The largest absolute Gasteiger partial charge is 0.481 e. The number of hydrogen-bond acceptors (Lipinski definition) is 1. The summed E-state index contributed by atoms with van der Waals surface area (Å²) in [7, 11) is 0. The third-order valence-corrected chi connectivity index (χ3v) is 4.37. The zero-order valence-electron chi connectivity index (χ0n) is 11.2. The molecule has 1 aromatic rings. The van der Waals surface area contributed by atoms with Gasteiger partial charge in [-0.1, -0.05) is 56.7 Å². The van der Waals surface area contributed by atoms with Crippen LogP contribution < -0.4 is 0 Å². The molecule has 0 fully saturated rings. The van der Waals surface area contributed by atoms with Gasteiger partial charge < -0.3 is 5.11 Å². The molecule has 0 spiro atoms. The van der Waals surface area contributed by atoms with Gasteiger partial charge in [0, 0.05) is 0 Å². The molecule has 0 saturated carbocycles. The highest BCUT2D eigenvalue weighted by Gasteiger charge is 2.46. The molecule has 0 bridgehead atoms. The predicted molar refractivity (Wildman–Crippen MR) is 73.4 cm³/mol. The summed E-state index contributed by atoms with van der Waals surface area (Å²) < 4.78 is 0. The minimum absolute atomic E-state index is 0.0508. The normalized spacial score (nSPS) is 27.6. The number of hydrogen-bond donors (Lipinski definition) is 1. The standard InChI is InChI=1S/C16H20O2/c1-4-11(2)13-10-9-12-7-5-6-8-14(12)16(13,3)15(17)18/h5-11,13H,4H2,1-3H3,(H,17,18)/t11?,13-,16+/m0/s1. The van der Waals surface area contributed by atoms with E-state index in [2.05, 4.69) is 26.0 Å². The fourth-order valence-electron chi connectivity index (χ4n) is 2.97. The number of carboxylic acids is 1. The lowest BCUT2D eigenvalue weighted by Gasteiger charge is -2.39. The van der Waals surface area contributed by atoms with Crippen LogP contribution in [0.4, 0.5) is 0 Å². The van der Waals surface area contributed by atoms with Gasteiger partial charge in [-0.05, 0) is 29.9 Å². The number of allylic oxidation sites excluding steroid dienone is 1. The third kappa shape index (κ3) is 1.76. The van der Waals surface area contributed by atoms with Crippen LogP contribution in [0.2, 0.25) is 0 Å². The molecule has 1 aliphatic rings. The molecular weight excluding hydrogens is 224 g/mol. The lowest BCUT2D eigenvalue weighted by atomic mass is 9.63. The number of benzene rings is 1. The van der Waals surface area contributed by atoms with Gasteiger partial charge in [0.1, 0.15) is 0 Å². The van der Waals surface area contributed by atoms with Crippen LogP contribution in [0.3, 0.4) is 0 Å². The third-order valence-electron chi connectivity index (χ3n) is 4.37. The maximum Gasteiger partial charge on any atom is 0.314 e. The molecule has 0 heterocycles. The van der Waals surface area contributed by atoms with Crippen molar-refractivity contribution in [3.05, 3.63) is 41.5 Å². The van der Waals surface area contributed by atoms with Crippen LogP contribution in [0.5, 0.6) is 0 Å². The van der Waals surface area contributed by atoms with Crippen LogP contribution in [0.25, 0.3) is 6.08 Å². The van der Waals surface area contributed by atoms with Gasteiger partial charge >= 0.3 is 5.97 Å². The van der Waals surface area contributed by atoms with E-state index in [1.165, 1.54) is 0 Å². The van der Waals surface area contributed by atoms with Gasteiger partial charge in [0.15, 0.2) is 0 Å². The van der Waals surface area contributed by atoms with Crippen LogP contribution in [0.1, 0.15) is 38.3 Å². The summed E-state index contributed by atoms with van der Waals surface area (Å²) in [5, 5.41) is 9.73. The fraction of sp³-hybridized carbons (Fsp3) is 0.438. The van der Waals surface area contributed by atoms with Crippen molar-refractivity contribution in [2.24, 2.45) is 11.8 Å². The summed E-state index contributed by atoms with van der Waals surface area (Å²) in [5.74, 6) is -0.324. The predicted octanol–water partition coefficient (Wildman–Crippen LogP) is 3.72. The molecule has 0 radical (unpaired) electrons. The molecule has 3 atom stereocenters. The van der Waals surface area contributed by atoms with E-state index in [0.717, 1.165) is 17.5 Å². The first-order chi connectivity index (χ1) is 8.51. The van der Waals surface area contributed by atoms with Crippen LogP contribution in [-0.4, -0.2) is 11.1 Å². The highest BCUT2D eigenvalue weighted by molar-refractivity contribution is 5.85. The van der Waals surface area contributed by atoms with Crippen LogP contribution in [0.15, 0.2) is 30.3 Å². The molecule has 0 aromatic heterocycles. The Hall–Kier alpha value is -1.57. The van der Waals surface area contributed by atoms with Crippen molar-refractivity contribution in [1.82, 2.24) is 0 Å². The van der Waals surface area contributed by atoms with Gasteiger partial charge in [-0.3, -0.25) is 4.79 Å². The number of carboxylic acid groups (broad SMARTS) is 1. The molecule has 0 saturated heterocycles. The SMILES string of the molecule is CCC(C)[C@@H]1C=Cc2ccccc2[C@]1(C)C(=O)O. The second kappa shape index (κ2) is 4.60. The van der Waals surface area contributed by atoms with E-state index in [-0.39, 0.29) is 5.92 Å². The quantitative estimate of drug-likeness (QED) is 0.880. The number of aliphatic carboxylic acids is 1. The molecule has 1 aromatic carbocycles. The summed E-state index contributed by atoms with van der Waals surface area (Å²) in [5.41, 5.74) is 1.15. The van der Waals surface area contributed by atoms with E-state index < -0.39 is 11.4 Å². The average Bonchev–Trinajstić information content (AvgIpc) is 2.38. The minimum Gasteiger partial charge on any atom is -0.481 e. The fourth-order valence-corrected chi connectivity index (χ4v) is 2.97. The highest BCUT2D eigenvalue weighted by atomic mass is 16.4.